The zero-order valence-electron chi connectivity index (χ0n) is 13.9. The Bertz CT molecular complexity index is 772. The van der Waals surface area contributed by atoms with E-state index >= 15 is 0 Å². The van der Waals surface area contributed by atoms with E-state index in [4.69, 9.17) is 0 Å². The van der Waals surface area contributed by atoms with Crippen molar-refractivity contribution >= 4 is 21.5 Å². The van der Waals surface area contributed by atoms with Crippen molar-refractivity contribution < 1.29 is 13.2 Å². The lowest BCUT2D eigenvalue weighted by Gasteiger charge is -2.16. The first kappa shape index (κ1) is 18.2. The Morgan fingerprint density at radius 3 is 2.25 bits per heavy atom. The molecular weight excluding hydrogens is 324 g/mol. The molecule has 1 N–H and O–H groups in total. The van der Waals surface area contributed by atoms with Crippen molar-refractivity contribution in [3.63, 3.8) is 0 Å². The third-order valence-electron chi connectivity index (χ3n) is 3.53. The second-order valence-electron chi connectivity index (χ2n) is 5.85. The van der Waals surface area contributed by atoms with Crippen LogP contribution in [0.3, 0.4) is 0 Å². The lowest BCUT2D eigenvalue weighted by atomic mass is 10.1. The van der Waals surface area contributed by atoms with Crippen molar-refractivity contribution in [2.45, 2.75) is 13.0 Å². The molecule has 0 saturated carbocycles. The predicted octanol–water partition coefficient (Wildman–Crippen LogP) is 2.76. The normalized spacial score (nSPS) is 11.5. The smallest absolute Gasteiger partial charge is 0.229 e. The summed E-state index contributed by atoms with van der Waals surface area (Å²) in [6, 6.07) is 16.6. The molecule has 0 bridgehead atoms. The molecule has 0 aliphatic heterocycles. The van der Waals surface area contributed by atoms with Gasteiger partial charge < -0.3 is 4.90 Å². The summed E-state index contributed by atoms with van der Waals surface area (Å²) in [6.07, 6.45) is 1.51. The van der Waals surface area contributed by atoms with Crippen LogP contribution in [0.4, 0.5) is 5.69 Å². The minimum absolute atomic E-state index is 0.0424. The number of ketones is 1. The molecule has 0 radical (unpaired) electrons. The maximum absolute atomic E-state index is 12.2. The van der Waals surface area contributed by atoms with Crippen molar-refractivity contribution in [2.24, 2.45) is 0 Å². The molecule has 0 fully saturated rings. The molecule has 2 aromatic carbocycles. The van der Waals surface area contributed by atoms with E-state index in [0.29, 0.717) is 24.2 Å². The maximum atomic E-state index is 12.2. The molecule has 2 rings (SSSR count). The number of Topliss-reactive ketones (excluding diaryl/α,β-unsaturated/α-hetero) is 1. The first-order valence-electron chi connectivity index (χ1n) is 7.67. The fraction of sp³-hybridized carbons (Fsp3) is 0.278. The number of carbonyl (C=O) groups excluding carboxylic acids is 1. The first-order valence-corrected chi connectivity index (χ1v) is 9.56. The van der Waals surface area contributed by atoms with Crippen molar-refractivity contribution in [3.05, 3.63) is 65.7 Å². The molecule has 24 heavy (non-hydrogen) atoms. The summed E-state index contributed by atoms with van der Waals surface area (Å²) in [7, 11) is -1.32. The van der Waals surface area contributed by atoms with Crippen LogP contribution in [0.5, 0.6) is 0 Å². The van der Waals surface area contributed by atoms with Crippen LogP contribution in [0.1, 0.15) is 22.3 Å². The number of sulfonamides is 1. The van der Waals surface area contributed by atoms with Crippen LogP contribution in [0, 0.1) is 0 Å². The maximum Gasteiger partial charge on any atom is 0.229 e. The van der Waals surface area contributed by atoms with E-state index in [-0.39, 0.29) is 5.78 Å². The average Bonchev–Trinajstić information content (AvgIpc) is 2.53. The zero-order valence-corrected chi connectivity index (χ0v) is 14.7. The third-order valence-corrected chi connectivity index (χ3v) is 4.13. The highest BCUT2D eigenvalue weighted by Crippen LogP contribution is 2.13. The van der Waals surface area contributed by atoms with Gasteiger partial charge in [-0.3, -0.25) is 9.52 Å². The standard InChI is InChI=1S/C18H22N2O3S/c1-20(14-15-6-4-3-5-7-15)13-12-18(21)16-8-10-17(11-9-16)19-24(2,22)23/h3-11,19H,12-14H2,1-2H3. The van der Waals surface area contributed by atoms with Crippen LogP contribution in [0.15, 0.2) is 54.6 Å². The van der Waals surface area contributed by atoms with E-state index in [9.17, 15) is 13.2 Å². The molecule has 0 atom stereocenters. The predicted molar refractivity (Wildman–Crippen MR) is 96.6 cm³/mol. The summed E-state index contributed by atoms with van der Waals surface area (Å²) < 4.78 is 24.7. The monoisotopic (exact) mass is 346 g/mol. The van der Waals surface area contributed by atoms with Crippen molar-refractivity contribution in [2.75, 3.05) is 24.6 Å². The lowest BCUT2D eigenvalue weighted by Crippen LogP contribution is -2.21. The molecule has 128 valence electrons. The van der Waals surface area contributed by atoms with Crippen LogP contribution < -0.4 is 4.72 Å². The molecule has 0 amide bonds. The number of nitrogens with one attached hydrogen (secondary N) is 1. The van der Waals surface area contributed by atoms with Gasteiger partial charge in [-0.15, -0.1) is 0 Å². The van der Waals surface area contributed by atoms with Crippen molar-refractivity contribution in [3.8, 4) is 0 Å². The van der Waals surface area contributed by atoms with Gasteiger partial charge in [0.15, 0.2) is 5.78 Å². The van der Waals surface area contributed by atoms with Crippen LogP contribution in [-0.4, -0.2) is 38.9 Å². The molecule has 0 unspecified atom stereocenters. The summed E-state index contributed by atoms with van der Waals surface area (Å²) in [5.41, 5.74) is 2.25. The highest BCUT2D eigenvalue weighted by atomic mass is 32.2. The minimum atomic E-state index is -3.30. The number of anilines is 1. The lowest BCUT2D eigenvalue weighted by molar-refractivity contribution is 0.0968. The minimum Gasteiger partial charge on any atom is -0.302 e. The van der Waals surface area contributed by atoms with Crippen molar-refractivity contribution in [1.29, 1.82) is 0 Å². The number of nitrogens with zero attached hydrogens (tertiary/aromatic N) is 1. The number of benzene rings is 2. The van der Waals surface area contributed by atoms with Gasteiger partial charge in [-0.1, -0.05) is 30.3 Å². The molecule has 0 saturated heterocycles. The van der Waals surface area contributed by atoms with Crippen LogP contribution in [0.25, 0.3) is 0 Å². The van der Waals surface area contributed by atoms with Gasteiger partial charge in [0, 0.05) is 30.8 Å². The largest absolute Gasteiger partial charge is 0.302 e. The van der Waals surface area contributed by atoms with E-state index in [2.05, 4.69) is 21.8 Å². The molecule has 0 aliphatic carbocycles. The second-order valence-corrected chi connectivity index (χ2v) is 7.60. The van der Waals surface area contributed by atoms with E-state index in [1.807, 2.05) is 25.2 Å². The Morgan fingerprint density at radius 1 is 1.04 bits per heavy atom. The molecule has 0 heterocycles. The van der Waals surface area contributed by atoms with Gasteiger partial charge in [0.1, 0.15) is 0 Å². The highest BCUT2D eigenvalue weighted by molar-refractivity contribution is 7.92. The quantitative estimate of drug-likeness (QED) is 0.747. The summed E-state index contributed by atoms with van der Waals surface area (Å²) in [5.74, 6) is 0.0424. The van der Waals surface area contributed by atoms with Gasteiger partial charge >= 0.3 is 0 Å². The molecule has 2 aromatic rings. The average molecular weight is 346 g/mol. The Kier molecular flexibility index (Phi) is 6.11. The van der Waals surface area contributed by atoms with Gasteiger partial charge in [-0.25, -0.2) is 8.42 Å². The van der Waals surface area contributed by atoms with E-state index < -0.39 is 10.0 Å². The Morgan fingerprint density at radius 2 is 1.67 bits per heavy atom. The van der Waals surface area contributed by atoms with Crippen LogP contribution in [0.2, 0.25) is 0 Å². The Hall–Kier alpha value is -2.18. The Labute approximate surface area is 143 Å². The van der Waals surface area contributed by atoms with Gasteiger partial charge in [-0.2, -0.15) is 0 Å². The first-order chi connectivity index (χ1) is 11.3. The number of hydrogen-bond acceptors (Lipinski definition) is 4. The number of hydrogen-bond donors (Lipinski definition) is 1. The molecule has 6 heteroatoms. The molecule has 5 nitrogen and oxygen atoms in total. The van der Waals surface area contributed by atoms with E-state index in [0.717, 1.165) is 12.8 Å². The fourth-order valence-corrected chi connectivity index (χ4v) is 2.91. The van der Waals surface area contributed by atoms with E-state index in [1.54, 1.807) is 24.3 Å². The second kappa shape index (κ2) is 8.08. The summed E-state index contributed by atoms with van der Waals surface area (Å²) >= 11 is 0. The van der Waals surface area contributed by atoms with Gasteiger partial charge in [0.25, 0.3) is 0 Å². The fourth-order valence-electron chi connectivity index (χ4n) is 2.35. The molecular formula is C18H22N2O3S. The summed E-state index contributed by atoms with van der Waals surface area (Å²) in [4.78, 5) is 14.3. The topological polar surface area (TPSA) is 66.5 Å². The molecule has 0 spiro atoms. The van der Waals surface area contributed by atoms with E-state index in [1.165, 1.54) is 5.56 Å². The SMILES string of the molecule is CN(CCC(=O)c1ccc(NS(C)(=O)=O)cc1)Cc1ccccc1. The van der Waals surface area contributed by atoms with Gasteiger partial charge in [-0.05, 0) is 36.9 Å². The molecule has 0 aliphatic rings. The summed E-state index contributed by atoms with van der Waals surface area (Å²) in [6.45, 7) is 1.46. The van der Waals surface area contributed by atoms with Crippen LogP contribution >= 0.6 is 0 Å². The van der Waals surface area contributed by atoms with Crippen molar-refractivity contribution in [1.82, 2.24) is 4.90 Å². The highest BCUT2D eigenvalue weighted by Gasteiger charge is 2.09. The van der Waals surface area contributed by atoms with Crippen LogP contribution in [-0.2, 0) is 16.6 Å². The van der Waals surface area contributed by atoms with Gasteiger partial charge in [0.05, 0.1) is 6.26 Å². The summed E-state index contributed by atoms with van der Waals surface area (Å²) in [5, 5.41) is 0. The third kappa shape index (κ3) is 6.14. The Balaban J connectivity index is 1.86. The molecule has 0 aromatic heterocycles. The number of carbonyl (C=O) groups is 1. The number of rotatable bonds is 8. The zero-order chi connectivity index (χ0) is 17.6. The van der Waals surface area contributed by atoms with Gasteiger partial charge in [0.2, 0.25) is 10.0 Å².